The van der Waals surface area contributed by atoms with E-state index in [-0.39, 0.29) is 10.1 Å². The third-order valence-electron chi connectivity index (χ3n) is 4.18. The van der Waals surface area contributed by atoms with Crippen LogP contribution in [-0.2, 0) is 14.8 Å². The van der Waals surface area contributed by atoms with Crippen LogP contribution in [0.5, 0.6) is 0 Å². The van der Waals surface area contributed by atoms with Gasteiger partial charge in [-0.3, -0.25) is 4.79 Å². The van der Waals surface area contributed by atoms with Crippen molar-refractivity contribution in [1.29, 1.82) is 0 Å². The zero-order valence-electron chi connectivity index (χ0n) is 14.1. The Morgan fingerprint density at radius 2 is 1.93 bits per heavy atom. The van der Waals surface area contributed by atoms with Gasteiger partial charge in [-0.15, -0.1) is 34.0 Å². The zero-order chi connectivity index (χ0) is 19.9. The first-order chi connectivity index (χ1) is 13.3. The number of hydrogen-bond donors (Lipinski definition) is 1. The van der Waals surface area contributed by atoms with Gasteiger partial charge in [0.15, 0.2) is 5.13 Å². The molecule has 6 nitrogen and oxygen atoms in total. The Balaban J connectivity index is 1.51. The second kappa shape index (κ2) is 8.02. The molecule has 1 aliphatic heterocycles. The molecule has 0 aliphatic carbocycles. The Morgan fingerprint density at radius 1 is 1.18 bits per heavy atom. The van der Waals surface area contributed by atoms with Crippen molar-refractivity contribution < 1.29 is 13.2 Å². The van der Waals surface area contributed by atoms with Gasteiger partial charge in [0.25, 0.3) is 10.0 Å². The highest BCUT2D eigenvalue weighted by atomic mass is 35.5. The van der Waals surface area contributed by atoms with Crippen molar-refractivity contribution >= 4 is 78.3 Å². The van der Waals surface area contributed by atoms with Gasteiger partial charge < -0.3 is 5.32 Å². The molecule has 0 aromatic carbocycles. The minimum atomic E-state index is -3.76. The second-order valence-electron chi connectivity index (χ2n) is 5.96. The lowest BCUT2D eigenvalue weighted by atomic mass is 10.2. The predicted molar refractivity (Wildman–Crippen MR) is 115 cm³/mol. The van der Waals surface area contributed by atoms with Crippen LogP contribution in [0.1, 0.15) is 12.8 Å². The van der Waals surface area contributed by atoms with E-state index in [1.54, 1.807) is 6.07 Å². The molecule has 28 heavy (non-hydrogen) atoms. The van der Waals surface area contributed by atoms with Gasteiger partial charge in [-0.1, -0.05) is 23.2 Å². The van der Waals surface area contributed by atoms with E-state index in [9.17, 15) is 13.2 Å². The summed E-state index contributed by atoms with van der Waals surface area (Å²) in [6.07, 6.45) is 1.08. The largest absolute Gasteiger partial charge is 0.301 e. The summed E-state index contributed by atoms with van der Waals surface area (Å²) in [4.78, 5) is 18.1. The number of anilines is 1. The molecule has 1 N–H and O–H groups in total. The number of sulfonamides is 1. The van der Waals surface area contributed by atoms with Crippen molar-refractivity contribution in [1.82, 2.24) is 9.29 Å². The molecule has 0 radical (unpaired) electrons. The smallest absolute Gasteiger partial charge is 0.253 e. The molecule has 1 saturated heterocycles. The molecule has 0 spiro atoms. The molecular formula is C16H13Cl2N3O3S4. The van der Waals surface area contributed by atoms with Crippen LogP contribution in [0, 0.1) is 0 Å². The topological polar surface area (TPSA) is 79.4 Å². The Morgan fingerprint density at radius 3 is 2.61 bits per heavy atom. The number of aromatic nitrogens is 1. The molecule has 1 fully saturated rings. The molecule has 4 rings (SSSR count). The first kappa shape index (κ1) is 20.3. The Hall–Kier alpha value is -1.01. The number of rotatable bonds is 5. The highest BCUT2D eigenvalue weighted by Gasteiger charge is 2.40. The van der Waals surface area contributed by atoms with Gasteiger partial charge in [0.2, 0.25) is 5.91 Å². The number of nitrogens with zero attached hydrogens (tertiary/aromatic N) is 2. The van der Waals surface area contributed by atoms with Crippen LogP contribution in [0.4, 0.5) is 5.13 Å². The number of thiophene rings is 2. The normalized spacial score (nSPS) is 17.9. The SMILES string of the molecule is O=C(Nc1nc(-c2ccc(Cl)s2)cs1)C1CCCN1S(=O)(=O)c1ccc(Cl)s1. The predicted octanol–water partition coefficient (Wildman–Crippen LogP) is 5.03. The van der Waals surface area contributed by atoms with Gasteiger partial charge in [-0.2, -0.15) is 4.31 Å². The van der Waals surface area contributed by atoms with E-state index >= 15 is 0 Å². The Kier molecular flexibility index (Phi) is 5.81. The molecule has 0 bridgehead atoms. The third-order valence-corrected chi connectivity index (χ3v) is 9.80. The number of carbonyl (C=O) groups is 1. The van der Waals surface area contributed by atoms with Crippen LogP contribution in [0.2, 0.25) is 8.67 Å². The fraction of sp³-hybridized carbons (Fsp3) is 0.250. The fourth-order valence-corrected chi connectivity index (χ4v) is 7.99. The number of carbonyl (C=O) groups excluding carboxylic acids is 1. The number of thiazole rings is 1. The van der Waals surface area contributed by atoms with Crippen molar-refractivity contribution in [3.63, 3.8) is 0 Å². The van der Waals surface area contributed by atoms with E-state index in [4.69, 9.17) is 23.2 Å². The van der Waals surface area contributed by atoms with Crippen LogP contribution in [-0.4, -0.2) is 36.2 Å². The lowest BCUT2D eigenvalue weighted by molar-refractivity contribution is -0.119. The van der Waals surface area contributed by atoms with E-state index in [0.29, 0.717) is 33.2 Å². The summed E-state index contributed by atoms with van der Waals surface area (Å²) in [5.41, 5.74) is 0.723. The molecular weight excluding hydrogens is 481 g/mol. The molecule has 1 atom stereocenters. The first-order valence-electron chi connectivity index (χ1n) is 8.14. The summed E-state index contributed by atoms with van der Waals surface area (Å²) in [6, 6.07) is 5.89. The van der Waals surface area contributed by atoms with E-state index in [1.165, 1.54) is 39.1 Å². The first-order valence-corrected chi connectivity index (χ1v) is 12.8. The minimum Gasteiger partial charge on any atom is -0.301 e. The van der Waals surface area contributed by atoms with Crippen LogP contribution < -0.4 is 5.32 Å². The minimum absolute atomic E-state index is 0.142. The molecule has 148 valence electrons. The van der Waals surface area contributed by atoms with E-state index in [2.05, 4.69) is 10.3 Å². The Bertz CT molecular complexity index is 1120. The van der Waals surface area contributed by atoms with Gasteiger partial charge >= 0.3 is 0 Å². The highest BCUT2D eigenvalue weighted by molar-refractivity contribution is 7.91. The van der Waals surface area contributed by atoms with Gasteiger partial charge in [0.05, 0.1) is 19.2 Å². The van der Waals surface area contributed by atoms with E-state index < -0.39 is 16.1 Å². The lowest BCUT2D eigenvalue weighted by Gasteiger charge is -2.22. The summed E-state index contributed by atoms with van der Waals surface area (Å²) in [5, 5.41) is 5.00. The van der Waals surface area contributed by atoms with E-state index in [0.717, 1.165) is 21.9 Å². The van der Waals surface area contributed by atoms with Crippen LogP contribution in [0.15, 0.2) is 33.9 Å². The average Bonchev–Trinajstić information content (AvgIpc) is 3.41. The average molecular weight is 494 g/mol. The summed E-state index contributed by atoms with van der Waals surface area (Å²) in [6.45, 7) is 0.298. The second-order valence-corrected chi connectivity index (χ2v) is 12.4. The maximum Gasteiger partial charge on any atom is 0.253 e. The fourth-order valence-electron chi connectivity index (χ4n) is 2.93. The number of halogens is 2. The number of hydrogen-bond acceptors (Lipinski definition) is 7. The molecule has 12 heteroatoms. The number of nitrogens with one attached hydrogen (secondary N) is 1. The molecule has 1 amide bonds. The summed E-state index contributed by atoms with van der Waals surface area (Å²) < 4.78 is 28.2. The molecule has 0 saturated carbocycles. The van der Waals surface area contributed by atoms with Gasteiger partial charge in [0, 0.05) is 11.9 Å². The monoisotopic (exact) mass is 493 g/mol. The van der Waals surface area contributed by atoms with E-state index in [1.807, 2.05) is 11.4 Å². The van der Waals surface area contributed by atoms with Crippen molar-refractivity contribution in [2.75, 3.05) is 11.9 Å². The lowest BCUT2D eigenvalue weighted by Crippen LogP contribution is -2.42. The van der Waals surface area contributed by atoms with Crippen molar-refractivity contribution in [3.8, 4) is 10.6 Å². The highest BCUT2D eigenvalue weighted by Crippen LogP contribution is 2.34. The van der Waals surface area contributed by atoms with Gasteiger partial charge in [-0.05, 0) is 37.1 Å². The van der Waals surface area contributed by atoms with Crippen molar-refractivity contribution in [2.24, 2.45) is 0 Å². The van der Waals surface area contributed by atoms with Crippen LogP contribution >= 0.6 is 57.2 Å². The van der Waals surface area contributed by atoms with Crippen molar-refractivity contribution in [3.05, 3.63) is 38.3 Å². The molecule has 4 heterocycles. The summed E-state index contributed by atoms with van der Waals surface area (Å²) >= 11 is 15.5. The summed E-state index contributed by atoms with van der Waals surface area (Å²) in [7, 11) is -3.76. The van der Waals surface area contributed by atoms with Crippen molar-refractivity contribution in [2.45, 2.75) is 23.1 Å². The molecule has 3 aromatic heterocycles. The zero-order valence-corrected chi connectivity index (χ0v) is 18.9. The maximum atomic E-state index is 12.9. The molecule has 3 aromatic rings. The molecule has 1 unspecified atom stereocenters. The standard InChI is InChI=1S/C16H13Cl2N3O3S4/c17-12-4-3-11(26-12)9-8-25-16(19-9)20-15(22)10-2-1-7-21(10)28(23,24)14-6-5-13(18)27-14/h3-6,8,10H,1-2,7H2,(H,19,20,22). The van der Waals surface area contributed by atoms with Crippen LogP contribution in [0.25, 0.3) is 10.6 Å². The quantitative estimate of drug-likeness (QED) is 0.540. The van der Waals surface area contributed by atoms with Crippen LogP contribution in [0.3, 0.4) is 0 Å². The summed E-state index contributed by atoms with van der Waals surface area (Å²) in [5.74, 6) is -0.381. The molecule has 1 aliphatic rings. The number of amides is 1. The Labute approximate surface area is 183 Å². The third kappa shape index (κ3) is 4.00. The van der Waals surface area contributed by atoms with Gasteiger partial charge in [0.1, 0.15) is 10.3 Å². The van der Waals surface area contributed by atoms with Gasteiger partial charge in [-0.25, -0.2) is 13.4 Å². The maximum absolute atomic E-state index is 12.9.